The minimum atomic E-state index is 1.12. The van der Waals surface area contributed by atoms with Crippen molar-refractivity contribution in [3.63, 3.8) is 0 Å². The van der Waals surface area contributed by atoms with Gasteiger partial charge in [0.15, 0.2) is 0 Å². The third-order valence-corrected chi connectivity index (χ3v) is 11.3. The van der Waals surface area contributed by atoms with Crippen LogP contribution in [0.4, 0.5) is 17.1 Å². The monoisotopic (exact) mass is 697 g/mol. The minimum Gasteiger partial charge on any atom is -0.310 e. The summed E-state index contributed by atoms with van der Waals surface area (Å²) >= 11 is 0. The van der Waals surface area contributed by atoms with E-state index in [1.165, 1.54) is 86.9 Å². The highest BCUT2D eigenvalue weighted by molar-refractivity contribution is 6.24. The molecule has 55 heavy (non-hydrogen) atoms. The average Bonchev–Trinajstić information content (AvgIpc) is 3.26. The van der Waals surface area contributed by atoms with Gasteiger partial charge in [0.05, 0.1) is 5.69 Å². The normalized spacial score (nSPS) is 11.6. The molecule has 0 fully saturated rings. The van der Waals surface area contributed by atoms with E-state index in [-0.39, 0.29) is 0 Å². The minimum absolute atomic E-state index is 1.12. The summed E-state index contributed by atoms with van der Waals surface area (Å²) in [6.07, 6.45) is 0. The number of benzene rings is 11. The Morgan fingerprint density at radius 1 is 0.255 bits per heavy atom. The Labute approximate surface area is 320 Å². The largest absolute Gasteiger partial charge is 0.310 e. The molecular formula is C54H35N. The second-order valence-electron chi connectivity index (χ2n) is 14.5. The molecule has 0 saturated carbocycles. The van der Waals surface area contributed by atoms with Gasteiger partial charge in [-0.1, -0.05) is 176 Å². The Bertz CT molecular complexity index is 3260. The van der Waals surface area contributed by atoms with Gasteiger partial charge in [0.2, 0.25) is 0 Å². The van der Waals surface area contributed by atoms with E-state index in [9.17, 15) is 0 Å². The first-order valence-corrected chi connectivity index (χ1v) is 19.0. The number of hydrogen-bond acceptors (Lipinski definition) is 1. The third kappa shape index (κ3) is 5.24. The van der Waals surface area contributed by atoms with Crippen molar-refractivity contribution in [1.82, 2.24) is 0 Å². The summed E-state index contributed by atoms with van der Waals surface area (Å²) in [7, 11) is 0. The lowest BCUT2D eigenvalue weighted by Crippen LogP contribution is -2.11. The van der Waals surface area contributed by atoms with E-state index in [0.29, 0.717) is 0 Å². The maximum absolute atomic E-state index is 2.44. The molecular weight excluding hydrogens is 663 g/mol. The van der Waals surface area contributed by atoms with Crippen molar-refractivity contribution in [3.05, 3.63) is 212 Å². The van der Waals surface area contributed by atoms with E-state index >= 15 is 0 Å². The van der Waals surface area contributed by atoms with E-state index < -0.39 is 0 Å². The number of nitrogens with zero attached hydrogens (tertiary/aromatic N) is 1. The van der Waals surface area contributed by atoms with Gasteiger partial charge in [-0.3, -0.25) is 0 Å². The molecule has 0 radical (unpaired) electrons. The third-order valence-electron chi connectivity index (χ3n) is 11.3. The van der Waals surface area contributed by atoms with Crippen LogP contribution in [-0.2, 0) is 0 Å². The maximum atomic E-state index is 2.44. The molecule has 0 saturated heterocycles. The van der Waals surface area contributed by atoms with Crippen LogP contribution >= 0.6 is 0 Å². The number of fused-ring (bicyclic) bond motifs is 9. The molecule has 0 aliphatic rings. The summed E-state index contributed by atoms with van der Waals surface area (Å²) in [5.41, 5.74) is 8.26. The van der Waals surface area contributed by atoms with Crippen LogP contribution in [0.2, 0.25) is 0 Å². The zero-order chi connectivity index (χ0) is 36.3. The highest BCUT2D eigenvalue weighted by atomic mass is 15.1. The van der Waals surface area contributed by atoms with Crippen molar-refractivity contribution in [1.29, 1.82) is 0 Å². The lowest BCUT2D eigenvalue weighted by atomic mass is 9.90. The topological polar surface area (TPSA) is 3.24 Å². The molecule has 0 spiro atoms. The average molecular weight is 698 g/mol. The Morgan fingerprint density at radius 3 is 1.69 bits per heavy atom. The van der Waals surface area contributed by atoms with E-state index in [0.717, 1.165) is 17.1 Å². The molecule has 0 atom stereocenters. The smallest absolute Gasteiger partial charge is 0.0546 e. The van der Waals surface area contributed by atoms with Crippen molar-refractivity contribution in [2.24, 2.45) is 0 Å². The van der Waals surface area contributed by atoms with E-state index in [1.807, 2.05) is 0 Å². The maximum Gasteiger partial charge on any atom is 0.0546 e. The van der Waals surface area contributed by atoms with Gasteiger partial charge in [-0.25, -0.2) is 0 Å². The van der Waals surface area contributed by atoms with Crippen LogP contribution in [0.5, 0.6) is 0 Å². The SMILES string of the molecule is c1ccc(-c2cccc(N(c3ccc4cc(-c5cccc6ccc7ccc8ccccc8c7c56)ccc4c3)c3cc4ccccc4c4ccccc34)c2)cc1. The van der Waals surface area contributed by atoms with Crippen molar-refractivity contribution < 1.29 is 0 Å². The van der Waals surface area contributed by atoms with Crippen LogP contribution in [0.1, 0.15) is 0 Å². The van der Waals surface area contributed by atoms with Gasteiger partial charge in [-0.2, -0.15) is 0 Å². The van der Waals surface area contributed by atoms with Crippen molar-refractivity contribution in [2.45, 2.75) is 0 Å². The van der Waals surface area contributed by atoms with E-state index in [2.05, 4.69) is 217 Å². The highest BCUT2D eigenvalue weighted by Crippen LogP contribution is 2.44. The first-order valence-electron chi connectivity index (χ1n) is 19.0. The molecule has 11 aromatic rings. The lowest BCUT2D eigenvalue weighted by molar-refractivity contribution is 1.31. The fourth-order valence-corrected chi connectivity index (χ4v) is 8.76. The van der Waals surface area contributed by atoms with Crippen LogP contribution in [0.15, 0.2) is 212 Å². The molecule has 1 nitrogen and oxygen atoms in total. The Balaban J connectivity index is 1.11. The zero-order valence-corrected chi connectivity index (χ0v) is 30.2. The molecule has 256 valence electrons. The molecule has 0 aliphatic heterocycles. The standard InChI is InChI=1S/C54H35N/c1-2-12-36(13-3-1)40-17-10-18-45(33-40)55(52-35-43-15-5-6-19-47(43)50-21-8-9-22-51(50)52)46-31-30-41-32-44(29-28-42(41)34-46)49-23-11-16-38-26-27-39-25-24-37-14-4-7-20-48(37)54(39)53(38)49/h1-35H. The molecule has 0 aromatic heterocycles. The molecule has 0 unspecified atom stereocenters. The van der Waals surface area contributed by atoms with Gasteiger partial charge in [-0.05, 0) is 118 Å². The van der Waals surface area contributed by atoms with Crippen LogP contribution in [-0.4, -0.2) is 0 Å². The fourth-order valence-electron chi connectivity index (χ4n) is 8.76. The predicted octanol–water partition coefficient (Wildman–Crippen LogP) is 15.4. The second kappa shape index (κ2) is 12.7. The van der Waals surface area contributed by atoms with Crippen LogP contribution in [0.25, 0.3) is 86.9 Å². The zero-order valence-electron chi connectivity index (χ0n) is 30.2. The highest BCUT2D eigenvalue weighted by Gasteiger charge is 2.19. The molecule has 11 aromatic carbocycles. The Morgan fingerprint density at radius 2 is 0.836 bits per heavy atom. The Kier molecular flexibility index (Phi) is 7.25. The first kappa shape index (κ1) is 31.3. The van der Waals surface area contributed by atoms with Gasteiger partial charge in [0.25, 0.3) is 0 Å². The van der Waals surface area contributed by atoms with Crippen LogP contribution < -0.4 is 4.90 Å². The van der Waals surface area contributed by atoms with Crippen molar-refractivity contribution in [2.75, 3.05) is 4.90 Å². The van der Waals surface area contributed by atoms with Crippen LogP contribution in [0.3, 0.4) is 0 Å². The summed E-state index contributed by atoms with van der Waals surface area (Å²) < 4.78 is 0. The first-order chi connectivity index (χ1) is 27.3. The molecule has 0 aliphatic carbocycles. The number of rotatable bonds is 5. The van der Waals surface area contributed by atoms with E-state index in [4.69, 9.17) is 0 Å². The van der Waals surface area contributed by atoms with Crippen molar-refractivity contribution >= 4 is 81.7 Å². The molecule has 11 rings (SSSR count). The molecule has 0 N–H and O–H groups in total. The van der Waals surface area contributed by atoms with Gasteiger partial charge >= 0.3 is 0 Å². The molecule has 0 amide bonds. The fraction of sp³-hybridized carbons (Fsp3) is 0. The molecule has 1 heteroatoms. The Hall–Kier alpha value is -7.22. The van der Waals surface area contributed by atoms with Gasteiger partial charge < -0.3 is 4.90 Å². The number of anilines is 3. The summed E-state index contributed by atoms with van der Waals surface area (Å²) in [5, 5.41) is 15.1. The summed E-state index contributed by atoms with van der Waals surface area (Å²) in [5.74, 6) is 0. The molecule has 0 heterocycles. The van der Waals surface area contributed by atoms with Crippen LogP contribution in [0, 0.1) is 0 Å². The summed E-state index contributed by atoms with van der Waals surface area (Å²) in [6, 6.07) is 77.9. The second-order valence-corrected chi connectivity index (χ2v) is 14.5. The number of hydrogen-bond donors (Lipinski definition) is 0. The van der Waals surface area contributed by atoms with Crippen molar-refractivity contribution in [3.8, 4) is 22.3 Å². The quantitative estimate of drug-likeness (QED) is 0.162. The molecule has 0 bridgehead atoms. The van der Waals surface area contributed by atoms with Gasteiger partial charge in [-0.15, -0.1) is 0 Å². The predicted molar refractivity (Wildman–Crippen MR) is 237 cm³/mol. The lowest BCUT2D eigenvalue weighted by Gasteiger charge is -2.28. The van der Waals surface area contributed by atoms with E-state index in [1.54, 1.807) is 0 Å². The summed E-state index contributed by atoms with van der Waals surface area (Å²) in [4.78, 5) is 2.44. The van der Waals surface area contributed by atoms with Gasteiger partial charge in [0, 0.05) is 16.8 Å². The van der Waals surface area contributed by atoms with Gasteiger partial charge in [0.1, 0.15) is 0 Å². The summed E-state index contributed by atoms with van der Waals surface area (Å²) in [6.45, 7) is 0.